The van der Waals surface area contributed by atoms with Crippen LogP contribution in [0.1, 0.15) is 24.2 Å². The summed E-state index contributed by atoms with van der Waals surface area (Å²) >= 11 is 0. The summed E-state index contributed by atoms with van der Waals surface area (Å²) in [6.45, 7) is 4.15. The number of carbonyl (C=O) groups excluding carboxylic acids is 1. The van der Waals surface area contributed by atoms with E-state index in [0.29, 0.717) is 12.2 Å². The molecule has 1 rings (SSSR count). The number of benzene rings is 1. The standard InChI is InChI=1S/C11H15NO5S.Na/c1-8(2)7-17-11(13)9-3-5-10(6-4-9)12-18(14,15)16;/h3-6,8,12H,7H2,1-2H3,(H,14,15,16);/q;+1/p-1. The molecular formula is C11H14NNaO5S. The van der Waals surface area contributed by atoms with E-state index in [1.165, 1.54) is 24.3 Å². The van der Waals surface area contributed by atoms with Gasteiger partial charge in [0.1, 0.15) is 0 Å². The summed E-state index contributed by atoms with van der Waals surface area (Å²) in [5.74, 6) is -0.249. The van der Waals surface area contributed by atoms with Crippen LogP contribution in [0.5, 0.6) is 0 Å². The first-order chi connectivity index (χ1) is 8.28. The number of nitrogens with one attached hydrogen (secondary N) is 1. The molecule has 6 nitrogen and oxygen atoms in total. The molecule has 100 valence electrons. The predicted molar refractivity (Wildman–Crippen MR) is 64.9 cm³/mol. The molecule has 0 aliphatic rings. The van der Waals surface area contributed by atoms with Gasteiger partial charge in [-0.15, -0.1) is 0 Å². The van der Waals surface area contributed by atoms with E-state index in [1.54, 1.807) is 4.72 Å². The minimum absolute atomic E-state index is 0. The Labute approximate surface area is 134 Å². The Kier molecular flexibility index (Phi) is 7.61. The van der Waals surface area contributed by atoms with Crippen molar-refractivity contribution in [1.29, 1.82) is 0 Å². The van der Waals surface area contributed by atoms with Crippen molar-refractivity contribution in [2.75, 3.05) is 11.3 Å². The van der Waals surface area contributed by atoms with E-state index in [9.17, 15) is 17.8 Å². The molecule has 0 bridgehead atoms. The zero-order valence-corrected chi connectivity index (χ0v) is 13.9. The van der Waals surface area contributed by atoms with Crippen molar-refractivity contribution < 1.29 is 52.1 Å². The summed E-state index contributed by atoms with van der Waals surface area (Å²) in [6.07, 6.45) is 0. The first-order valence-electron chi connectivity index (χ1n) is 5.29. The second-order valence-corrected chi connectivity index (χ2v) is 5.24. The van der Waals surface area contributed by atoms with E-state index in [4.69, 9.17) is 4.74 Å². The minimum atomic E-state index is -4.55. The normalized spacial score (nSPS) is 10.7. The third-order valence-electron chi connectivity index (χ3n) is 1.91. The van der Waals surface area contributed by atoms with Gasteiger partial charge in [-0.1, -0.05) is 13.8 Å². The van der Waals surface area contributed by atoms with Crippen LogP contribution in [0.2, 0.25) is 0 Å². The summed E-state index contributed by atoms with van der Waals surface area (Å²) in [5.41, 5.74) is 0.398. The number of rotatable bonds is 5. The topological polar surface area (TPSA) is 95.5 Å². The van der Waals surface area contributed by atoms with E-state index in [0.717, 1.165) is 0 Å². The molecule has 0 aromatic heterocycles. The van der Waals surface area contributed by atoms with E-state index < -0.39 is 16.3 Å². The Morgan fingerprint density at radius 2 is 1.84 bits per heavy atom. The van der Waals surface area contributed by atoms with Crippen molar-refractivity contribution in [1.82, 2.24) is 0 Å². The molecule has 0 atom stereocenters. The summed E-state index contributed by atoms with van der Waals surface area (Å²) in [5, 5.41) is 0. The molecular weight excluding hydrogens is 281 g/mol. The molecule has 0 saturated carbocycles. The second-order valence-electron chi connectivity index (χ2n) is 4.13. The number of hydrogen-bond acceptors (Lipinski definition) is 5. The molecule has 0 aliphatic carbocycles. The fourth-order valence-corrected chi connectivity index (χ4v) is 1.57. The number of anilines is 1. The monoisotopic (exact) mass is 295 g/mol. The smallest absolute Gasteiger partial charge is 0.731 e. The van der Waals surface area contributed by atoms with Gasteiger partial charge in [-0.05, 0) is 30.2 Å². The average molecular weight is 295 g/mol. The van der Waals surface area contributed by atoms with Crippen LogP contribution in [-0.4, -0.2) is 25.5 Å². The molecule has 1 N–H and O–H groups in total. The molecule has 0 spiro atoms. The van der Waals surface area contributed by atoms with Gasteiger partial charge in [0.05, 0.1) is 12.2 Å². The van der Waals surface area contributed by atoms with Crippen molar-refractivity contribution in [3.05, 3.63) is 29.8 Å². The van der Waals surface area contributed by atoms with Gasteiger partial charge in [0.15, 0.2) is 10.3 Å². The van der Waals surface area contributed by atoms with E-state index >= 15 is 0 Å². The molecule has 19 heavy (non-hydrogen) atoms. The average Bonchev–Trinajstić information content (AvgIpc) is 2.24. The summed E-state index contributed by atoms with van der Waals surface area (Å²) in [7, 11) is -4.55. The molecule has 0 radical (unpaired) electrons. The fourth-order valence-electron chi connectivity index (χ4n) is 1.14. The zero-order valence-electron chi connectivity index (χ0n) is 11.0. The van der Waals surface area contributed by atoms with Crippen molar-refractivity contribution in [3.63, 3.8) is 0 Å². The van der Waals surface area contributed by atoms with Gasteiger partial charge in [0, 0.05) is 5.69 Å². The van der Waals surface area contributed by atoms with Gasteiger partial charge < -0.3 is 9.29 Å². The van der Waals surface area contributed by atoms with E-state index in [2.05, 4.69) is 0 Å². The Balaban J connectivity index is 0.00000324. The Morgan fingerprint density at radius 1 is 1.32 bits per heavy atom. The second kappa shape index (κ2) is 7.86. The third kappa shape index (κ3) is 7.54. The number of esters is 1. The van der Waals surface area contributed by atoms with Crippen LogP contribution in [0.15, 0.2) is 24.3 Å². The van der Waals surface area contributed by atoms with Crippen LogP contribution in [0.3, 0.4) is 0 Å². The first kappa shape index (κ1) is 18.4. The van der Waals surface area contributed by atoms with Gasteiger partial charge in [-0.25, -0.2) is 13.2 Å². The fraction of sp³-hybridized carbons (Fsp3) is 0.364. The minimum Gasteiger partial charge on any atom is -0.731 e. The van der Waals surface area contributed by atoms with Crippen molar-refractivity contribution in [3.8, 4) is 0 Å². The molecule has 8 heteroatoms. The molecule has 0 saturated heterocycles. The van der Waals surface area contributed by atoms with Crippen LogP contribution >= 0.6 is 0 Å². The number of carbonyl (C=O) groups is 1. The van der Waals surface area contributed by atoms with Crippen LogP contribution < -0.4 is 34.3 Å². The predicted octanol–water partition coefficient (Wildman–Crippen LogP) is -1.62. The summed E-state index contributed by atoms with van der Waals surface area (Å²) in [4.78, 5) is 11.5. The first-order valence-corrected chi connectivity index (χ1v) is 6.69. The van der Waals surface area contributed by atoms with E-state index in [1.807, 2.05) is 13.8 Å². The van der Waals surface area contributed by atoms with E-state index in [-0.39, 0.29) is 41.2 Å². The maximum atomic E-state index is 11.5. The van der Waals surface area contributed by atoms with Crippen LogP contribution in [-0.2, 0) is 15.0 Å². The molecule has 0 amide bonds. The zero-order chi connectivity index (χ0) is 13.8. The molecule has 1 aromatic rings. The maximum absolute atomic E-state index is 11.5. The quantitative estimate of drug-likeness (QED) is 0.400. The van der Waals surface area contributed by atoms with Gasteiger partial charge in [0.25, 0.3) is 0 Å². The maximum Gasteiger partial charge on any atom is 1.00 e. The molecule has 0 heterocycles. The molecule has 1 aromatic carbocycles. The number of hydrogen-bond donors (Lipinski definition) is 1. The van der Waals surface area contributed by atoms with Gasteiger partial charge >= 0.3 is 35.5 Å². The van der Waals surface area contributed by atoms with Gasteiger partial charge in [-0.2, -0.15) is 0 Å². The van der Waals surface area contributed by atoms with Crippen LogP contribution in [0.25, 0.3) is 0 Å². The summed E-state index contributed by atoms with van der Waals surface area (Å²) < 4.78 is 38.1. The van der Waals surface area contributed by atoms with Crippen LogP contribution in [0.4, 0.5) is 5.69 Å². The van der Waals surface area contributed by atoms with Crippen molar-refractivity contribution in [2.45, 2.75) is 13.8 Å². The number of ether oxygens (including phenoxy) is 1. The van der Waals surface area contributed by atoms with Crippen molar-refractivity contribution in [2.24, 2.45) is 5.92 Å². The molecule has 0 fully saturated rings. The largest absolute Gasteiger partial charge is 1.00 e. The third-order valence-corrected chi connectivity index (χ3v) is 2.40. The van der Waals surface area contributed by atoms with Gasteiger partial charge in [-0.3, -0.25) is 4.72 Å². The molecule has 0 aliphatic heterocycles. The Hall–Kier alpha value is -0.600. The molecule has 0 unspecified atom stereocenters. The Bertz CT molecular complexity index is 512. The SMILES string of the molecule is CC(C)COC(=O)c1ccc(NS(=O)(=O)[O-])cc1.[Na+]. The Morgan fingerprint density at radius 3 is 2.26 bits per heavy atom. The van der Waals surface area contributed by atoms with Crippen LogP contribution in [0, 0.1) is 5.92 Å². The summed E-state index contributed by atoms with van der Waals surface area (Å²) in [6, 6.07) is 5.41. The van der Waals surface area contributed by atoms with Crippen molar-refractivity contribution >= 4 is 22.0 Å². The van der Waals surface area contributed by atoms with Gasteiger partial charge in [0.2, 0.25) is 0 Å².